The number of thioether (sulfide) groups is 1. The van der Waals surface area contributed by atoms with Crippen LogP contribution in [0.5, 0.6) is 0 Å². The van der Waals surface area contributed by atoms with Crippen LogP contribution in [0.4, 0.5) is 0 Å². The third kappa shape index (κ3) is 4.21. The van der Waals surface area contributed by atoms with E-state index in [9.17, 15) is 8.42 Å². The van der Waals surface area contributed by atoms with E-state index in [1.54, 1.807) is 37.0 Å². The van der Waals surface area contributed by atoms with Gasteiger partial charge in [0.2, 0.25) is 10.0 Å². The van der Waals surface area contributed by atoms with Crippen LogP contribution in [-0.2, 0) is 16.6 Å². The van der Waals surface area contributed by atoms with Crippen molar-refractivity contribution in [2.24, 2.45) is 0 Å². The molecule has 0 bridgehead atoms. The molecule has 0 saturated heterocycles. The second kappa shape index (κ2) is 7.28. The van der Waals surface area contributed by atoms with E-state index in [1.807, 2.05) is 13.2 Å². The molecule has 0 amide bonds. The summed E-state index contributed by atoms with van der Waals surface area (Å²) >= 11 is 1.71. The first-order valence-corrected chi connectivity index (χ1v) is 8.93. The van der Waals surface area contributed by atoms with Crippen molar-refractivity contribution in [2.75, 3.05) is 19.1 Å². The van der Waals surface area contributed by atoms with Gasteiger partial charge in [-0.2, -0.15) is 16.1 Å². The minimum Gasteiger partial charge on any atom is -0.392 e. The fourth-order valence-corrected chi connectivity index (χ4v) is 3.72. The summed E-state index contributed by atoms with van der Waals surface area (Å²) in [5.74, 6) is 0.928. The number of nitrogens with zero attached hydrogens (tertiary/aromatic N) is 1. The standard InChI is InChI=1S/C13H21NO3S2/c1-11(7-8-18-3)14(2)19(16,17)13-6-4-5-12(9-13)10-15/h4-6,9,11,15H,7-8,10H2,1-3H3. The van der Waals surface area contributed by atoms with E-state index in [-0.39, 0.29) is 17.5 Å². The summed E-state index contributed by atoms with van der Waals surface area (Å²) in [6.07, 6.45) is 2.82. The molecule has 108 valence electrons. The number of hydrogen-bond acceptors (Lipinski definition) is 4. The summed E-state index contributed by atoms with van der Waals surface area (Å²) in [4.78, 5) is 0.234. The predicted octanol–water partition coefficient (Wildman–Crippen LogP) is 1.94. The highest BCUT2D eigenvalue weighted by atomic mass is 32.2. The van der Waals surface area contributed by atoms with E-state index in [2.05, 4.69) is 0 Å². The molecule has 0 aliphatic carbocycles. The van der Waals surface area contributed by atoms with Crippen molar-refractivity contribution < 1.29 is 13.5 Å². The normalized spacial score (nSPS) is 13.7. The number of benzene rings is 1. The molecule has 0 saturated carbocycles. The van der Waals surface area contributed by atoms with Gasteiger partial charge in [0.1, 0.15) is 0 Å². The molecular formula is C13H21NO3S2. The Labute approximate surface area is 119 Å². The molecule has 0 heterocycles. The molecule has 19 heavy (non-hydrogen) atoms. The van der Waals surface area contributed by atoms with E-state index in [1.165, 1.54) is 10.4 Å². The number of sulfonamides is 1. The summed E-state index contributed by atoms with van der Waals surface area (Å²) in [5.41, 5.74) is 0.603. The first-order chi connectivity index (χ1) is 8.93. The van der Waals surface area contributed by atoms with Gasteiger partial charge in [0.05, 0.1) is 11.5 Å². The quantitative estimate of drug-likeness (QED) is 0.836. The van der Waals surface area contributed by atoms with Crippen molar-refractivity contribution in [2.45, 2.75) is 30.9 Å². The van der Waals surface area contributed by atoms with E-state index in [0.717, 1.165) is 12.2 Å². The lowest BCUT2D eigenvalue weighted by Crippen LogP contribution is -2.35. The Morgan fingerprint density at radius 1 is 1.42 bits per heavy atom. The largest absolute Gasteiger partial charge is 0.392 e. The zero-order chi connectivity index (χ0) is 14.5. The van der Waals surface area contributed by atoms with Crippen LogP contribution in [0.25, 0.3) is 0 Å². The van der Waals surface area contributed by atoms with Gasteiger partial charge in [-0.05, 0) is 43.0 Å². The molecule has 0 fully saturated rings. The van der Waals surface area contributed by atoms with Crippen molar-refractivity contribution in [1.29, 1.82) is 0 Å². The molecule has 1 rings (SSSR count). The first kappa shape index (κ1) is 16.5. The van der Waals surface area contributed by atoms with Gasteiger partial charge >= 0.3 is 0 Å². The van der Waals surface area contributed by atoms with Crippen LogP contribution in [0, 0.1) is 0 Å². The van der Waals surface area contributed by atoms with Crippen LogP contribution in [0.1, 0.15) is 18.9 Å². The molecule has 1 atom stereocenters. The minimum atomic E-state index is -3.49. The van der Waals surface area contributed by atoms with E-state index in [0.29, 0.717) is 5.56 Å². The lowest BCUT2D eigenvalue weighted by atomic mass is 10.2. The van der Waals surface area contributed by atoms with Crippen LogP contribution in [0.2, 0.25) is 0 Å². The molecule has 6 heteroatoms. The third-order valence-corrected chi connectivity index (χ3v) is 5.73. The monoisotopic (exact) mass is 303 g/mol. The van der Waals surface area contributed by atoms with Crippen LogP contribution in [0.15, 0.2) is 29.2 Å². The van der Waals surface area contributed by atoms with Gasteiger partial charge < -0.3 is 5.11 Å². The molecule has 1 N–H and O–H groups in total. The maximum atomic E-state index is 12.4. The molecule has 1 aromatic rings. The summed E-state index contributed by atoms with van der Waals surface area (Å²) in [7, 11) is -1.89. The van der Waals surface area contributed by atoms with Crippen LogP contribution in [-0.4, -0.2) is 42.9 Å². The van der Waals surface area contributed by atoms with Crippen molar-refractivity contribution in [3.05, 3.63) is 29.8 Å². The van der Waals surface area contributed by atoms with Crippen molar-refractivity contribution >= 4 is 21.8 Å². The van der Waals surface area contributed by atoms with Crippen LogP contribution in [0.3, 0.4) is 0 Å². The van der Waals surface area contributed by atoms with Crippen LogP contribution < -0.4 is 0 Å². The van der Waals surface area contributed by atoms with Gasteiger partial charge in [-0.25, -0.2) is 8.42 Å². The highest BCUT2D eigenvalue weighted by molar-refractivity contribution is 7.98. The maximum absolute atomic E-state index is 12.4. The number of rotatable bonds is 7. The van der Waals surface area contributed by atoms with E-state index in [4.69, 9.17) is 5.11 Å². The first-order valence-electron chi connectivity index (χ1n) is 6.10. The fourth-order valence-electron chi connectivity index (χ4n) is 1.68. The molecule has 0 spiro atoms. The minimum absolute atomic E-state index is 0.0461. The SMILES string of the molecule is CSCCC(C)N(C)S(=O)(=O)c1cccc(CO)c1. The van der Waals surface area contributed by atoms with Gasteiger partial charge in [-0.15, -0.1) is 0 Å². The zero-order valence-corrected chi connectivity index (χ0v) is 13.2. The number of aliphatic hydroxyl groups is 1. The summed E-state index contributed by atoms with van der Waals surface area (Å²) < 4.78 is 26.3. The number of hydrogen-bond donors (Lipinski definition) is 1. The molecule has 0 aliphatic heterocycles. The Bertz CT molecular complexity index is 502. The van der Waals surface area contributed by atoms with E-state index >= 15 is 0 Å². The summed E-state index contributed by atoms with van der Waals surface area (Å²) in [6.45, 7) is 1.75. The Morgan fingerprint density at radius 2 is 2.11 bits per heavy atom. The second-order valence-electron chi connectivity index (χ2n) is 4.46. The Balaban J connectivity index is 2.95. The molecule has 0 aromatic heterocycles. The lowest BCUT2D eigenvalue weighted by Gasteiger charge is -2.24. The highest BCUT2D eigenvalue weighted by Crippen LogP contribution is 2.19. The van der Waals surface area contributed by atoms with Crippen LogP contribution >= 0.6 is 11.8 Å². The average Bonchev–Trinajstić information content (AvgIpc) is 2.43. The Kier molecular flexibility index (Phi) is 6.32. The zero-order valence-electron chi connectivity index (χ0n) is 11.5. The molecule has 4 nitrogen and oxygen atoms in total. The van der Waals surface area contributed by atoms with Crippen molar-refractivity contribution in [3.63, 3.8) is 0 Å². The maximum Gasteiger partial charge on any atom is 0.243 e. The molecule has 1 aromatic carbocycles. The van der Waals surface area contributed by atoms with Gasteiger partial charge in [-0.1, -0.05) is 12.1 Å². The Hall–Kier alpha value is -0.560. The molecule has 0 aliphatic rings. The second-order valence-corrected chi connectivity index (χ2v) is 7.44. The van der Waals surface area contributed by atoms with Gasteiger partial charge in [0.15, 0.2) is 0 Å². The fraction of sp³-hybridized carbons (Fsp3) is 0.538. The summed E-state index contributed by atoms with van der Waals surface area (Å²) in [6, 6.07) is 6.39. The molecule has 1 unspecified atom stereocenters. The summed E-state index contributed by atoms with van der Waals surface area (Å²) in [5, 5.41) is 9.08. The van der Waals surface area contributed by atoms with Crippen molar-refractivity contribution in [1.82, 2.24) is 4.31 Å². The van der Waals surface area contributed by atoms with Gasteiger partial charge in [0, 0.05) is 13.1 Å². The van der Waals surface area contributed by atoms with Gasteiger partial charge in [0.25, 0.3) is 0 Å². The predicted molar refractivity (Wildman–Crippen MR) is 79.8 cm³/mol. The van der Waals surface area contributed by atoms with Gasteiger partial charge in [-0.3, -0.25) is 0 Å². The third-order valence-electron chi connectivity index (χ3n) is 3.12. The topological polar surface area (TPSA) is 57.6 Å². The van der Waals surface area contributed by atoms with Crippen molar-refractivity contribution in [3.8, 4) is 0 Å². The Morgan fingerprint density at radius 3 is 2.68 bits per heavy atom. The smallest absolute Gasteiger partial charge is 0.243 e. The molecule has 0 radical (unpaired) electrons. The lowest BCUT2D eigenvalue weighted by molar-refractivity contribution is 0.281. The number of aliphatic hydroxyl groups excluding tert-OH is 1. The highest BCUT2D eigenvalue weighted by Gasteiger charge is 2.25. The molecular weight excluding hydrogens is 282 g/mol. The average molecular weight is 303 g/mol. The van der Waals surface area contributed by atoms with E-state index < -0.39 is 10.0 Å².